The van der Waals surface area contributed by atoms with Gasteiger partial charge in [0.25, 0.3) is 0 Å². The van der Waals surface area contributed by atoms with Crippen LogP contribution in [0.1, 0.15) is 20.3 Å². The summed E-state index contributed by atoms with van der Waals surface area (Å²) in [5.74, 6) is 0.169. The first-order valence-corrected chi connectivity index (χ1v) is 6.35. The van der Waals surface area contributed by atoms with Gasteiger partial charge in [0.15, 0.2) is 5.12 Å². The van der Waals surface area contributed by atoms with E-state index >= 15 is 0 Å². The highest BCUT2D eigenvalue weighted by atomic mass is 32.2. The van der Waals surface area contributed by atoms with Crippen molar-refractivity contribution in [2.45, 2.75) is 26.3 Å². The Morgan fingerprint density at radius 1 is 1.24 bits per heavy atom. The number of carbonyl (C=O) groups is 3. The first kappa shape index (κ1) is 15.9. The van der Waals surface area contributed by atoms with Crippen LogP contribution in [0, 0.1) is 0 Å². The largest absolute Gasteiger partial charge is 0.356 e. The summed E-state index contributed by atoms with van der Waals surface area (Å²) in [5, 5.41) is 5.13. The second-order valence-electron chi connectivity index (χ2n) is 3.53. The van der Waals surface area contributed by atoms with Crippen molar-refractivity contribution in [3.8, 4) is 0 Å². The minimum atomic E-state index is -0.558. The molecular formula is C10H19N3O3S. The highest BCUT2D eigenvalue weighted by Gasteiger charge is 2.07. The summed E-state index contributed by atoms with van der Waals surface area (Å²) in [7, 11) is 0. The van der Waals surface area contributed by atoms with Gasteiger partial charge in [-0.05, 0) is 6.92 Å². The lowest BCUT2D eigenvalue weighted by atomic mass is 10.3. The number of nitrogens with two attached hydrogens (primary N) is 1. The molecule has 98 valence electrons. The Morgan fingerprint density at radius 2 is 1.88 bits per heavy atom. The van der Waals surface area contributed by atoms with E-state index in [9.17, 15) is 14.4 Å². The molecule has 0 saturated heterocycles. The Balaban J connectivity index is 3.47. The average Bonchev–Trinajstić information content (AvgIpc) is 2.23. The molecule has 0 fully saturated rings. The number of nitrogens with one attached hydrogen (secondary N) is 2. The van der Waals surface area contributed by atoms with Gasteiger partial charge in [0.05, 0.1) is 6.04 Å². The molecule has 0 aromatic heterocycles. The van der Waals surface area contributed by atoms with Gasteiger partial charge in [0.2, 0.25) is 11.8 Å². The smallest absolute Gasteiger partial charge is 0.236 e. The average molecular weight is 261 g/mol. The maximum Gasteiger partial charge on any atom is 0.236 e. The molecule has 0 radical (unpaired) electrons. The lowest BCUT2D eigenvalue weighted by molar-refractivity contribution is -0.122. The predicted octanol–water partition coefficient (Wildman–Crippen LogP) is -0.764. The number of rotatable bonds is 7. The minimum absolute atomic E-state index is 0.0136. The molecule has 4 N–H and O–H groups in total. The van der Waals surface area contributed by atoms with Crippen molar-refractivity contribution in [2.24, 2.45) is 5.73 Å². The first-order chi connectivity index (χ1) is 7.93. The van der Waals surface area contributed by atoms with Crippen molar-refractivity contribution in [3.63, 3.8) is 0 Å². The molecule has 6 nitrogen and oxygen atoms in total. The summed E-state index contributed by atoms with van der Waals surface area (Å²) < 4.78 is 0. The van der Waals surface area contributed by atoms with Crippen LogP contribution in [0.4, 0.5) is 0 Å². The number of hydrogen-bond donors (Lipinski definition) is 3. The summed E-state index contributed by atoms with van der Waals surface area (Å²) in [6.45, 7) is 3.78. The normalized spacial score (nSPS) is 11.7. The van der Waals surface area contributed by atoms with Crippen molar-refractivity contribution in [3.05, 3.63) is 0 Å². The molecule has 1 atom stereocenters. The van der Waals surface area contributed by atoms with E-state index < -0.39 is 6.04 Å². The molecule has 7 heteroatoms. The summed E-state index contributed by atoms with van der Waals surface area (Å²) in [4.78, 5) is 32.9. The van der Waals surface area contributed by atoms with Gasteiger partial charge in [-0.15, -0.1) is 0 Å². The maximum absolute atomic E-state index is 11.3. The third-order valence-corrected chi connectivity index (χ3v) is 2.72. The van der Waals surface area contributed by atoms with Crippen molar-refractivity contribution < 1.29 is 14.4 Å². The molecular weight excluding hydrogens is 242 g/mol. The Bertz CT molecular complexity index is 282. The van der Waals surface area contributed by atoms with Crippen molar-refractivity contribution >= 4 is 28.7 Å². The van der Waals surface area contributed by atoms with E-state index in [1.165, 1.54) is 6.92 Å². The van der Waals surface area contributed by atoms with E-state index in [1.54, 1.807) is 6.92 Å². The molecule has 0 spiro atoms. The van der Waals surface area contributed by atoms with Crippen molar-refractivity contribution in [2.75, 3.05) is 18.8 Å². The van der Waals surface area contributed by atoms with Gasteiger partial charge in [-0.3, -0.25) is 14.4 Å². The third kappa shape index (κ3) is 9.83. The van der Waals surface area contributed by atoms with Crippen LogP contribution >= 0.6 is 11.8 Å². The maximum atomic E-state index is 11.3. The van der Waals surface area contributed by atoms with Gasteiger partial charge in [-0.25, -0.2) is 0 Å². The highest BCUT2D eigenvalue weighted by molar-refractivity contribution is 8.13. The second-order valence-corrected chi connectivity index (χ2v) is 4.69. The molecule has 0 bridgehead atoms. The van der Waals surface area contributed by atoms with Crippen molar-refractivity contribution in [1.29, 1.82) is 0 Å². The van der Waals surface area contributed by atoms with Crippen LogP contribution in [0.15, 0.2) is 0 Å². The topological polar surface area (TPSA) is 101 Å². The lowest BCUT2D eigenvalue weighted by Crippen LogP contribution is -2.39. The number of hydrogen-bond acceptors (Lipinski definition) is 5. The molecule has 0 heterocycles. The zero-order valence-corrected chi connectivity index (χ0v) is 10.9. The minimum Gasteiger partial charge on any atom is -0.356 e. The number of amides is 2. The van der Waals surface area contributed by atoms with Crippen molar-refractivity contribution in [1.82, 2.24) is 10.6 Å². The first-order valence-electron chi connectivity index (χ1n) is 5.37. The molecule has 0 aromatic carbocycles. The summed E-state index contributed by atoms with van der Waals surface area (Å²) >= 11 is 1.14. The van der Waals surface area contributed by atoms with Crippen LogP contribution in [0.2, 0.25) is 0 Å². The second kappa shape index (κ2) is 9.00. The van der Waals surface area contributed by atoms with Crippen LogP contribution in [0.3, 0.4) is 0 Å². The summed E-state index contributed by atoms with van der Waals surface area (Å²) in [5.41, 5.74) is 5.34. The molecule has 0 aliphatic carbocycles. The van der Waals surface area contributed by atoms with Crippen LogP contribution in [-0.2, 0) is 14.4 Å². The van der Waals surface area contributed by atoms with Gasteiger partial charge in [0, 0.05) is 32.2 Å². The fraction of sp³-hybridized carbons (Fsp3) is 0.700. The zero-order chi connectivity index (χ0) is 13.3. The zero-order valence-electron chi connectivity index (χ0n) is 10.1. The number of thioether (sulfide) groups is 1. The molecule has 0 saturated carbocycles. The Hall–Kier alpha value is -1.08. The van der Waals surface area contributed by atoms with Crippen LogP contribution < -0.4 is 16.4 Å². The molecule has 2 amide bonds. The Kier molecular flexibility index (Phi) is 8.43. The third-order valence-electron chi connectivity index (χ3n) is 1.78. The van der Waals surface area contributed by atoms with E-state index in [-0.39, 0.29) is 23.4 Å². The molecule has 0 rings (SSSR count). The highest BCUT2D eigenvalue weighted by Crippen LogP contribution is 2.03. The number of carbonyl (C=O) groups excluding carboxylic acids is 3. The van der Waals surface area contributed by atoms with Crippen LogP contribution in [0.5, 0.6) is 0 Å². The molecule has 0 aliphatic heterocycles. The molecule has 0 aliphatic rings. The monoisotopic (exact) mass is 261 g/mol. The lowest BCUT2D eigenvalue weighted by Gasteiger charge is -2.06. The van der Waals surface area contributed by atoms with Crippen LogP contribution in [-0.4, -0.2) is 41.8 Å². The SMILES string of the molecule is CC(=O)NCCSC(=O)CCNC(=O)C(C)N. The predicted molar refractivity (Wildman–Crippen MR) is 67.4 cm³/mol. The summed E-state index contributed by atoms with van der Waals surface area (Å²) in [6.07, 6.45) is 0.267. The van der Waals surface area contributed by atoms with E-state index in [2.05, 4.69) is 10.6 Å². The molecule has 1 unspecified atom stereocenters. The van der Waals surface area contributed by atoms with Gasteiger partial charge in [-0.2, -0.15) is 0 Å². The standard InChI is InChI=1S/C10H19N3O3S/c1-7(11)10(16)13-4-3-9(15)17-6-5-12-8(2)14/h7H,3-6,11H2,1-2H3,(H,12,14)(H,13,16). The Labute approximate surface area is 105 Å². The molecule has 17 heavy (non-hydrogen) atoms. The Morgan fingerprint density at radius 3 is 2.41 bits per heavy atom. The quantitative estimate of drug-likeness (QED) is 0.523. The van der Waals surface area contributed by atoms with Gasteiger partial charge in [0.1, 0.15) is 0 Å². The van der Waals surface area contributed by atoms with E-state index in [0.717, 1.165) is 11.8 Å². The van der Waals surface area contributed by atoms with E-state index in [0.29, 0.717) is 18.8 Å². The van der Waals surface area contributed by atoms with Crippen LogP contribution in [0.25, 0.3) is 0 Å². The van der Waals surface area contributed by atoms with Gasteiger partial charge in [-0.1, -0.05) is 11.8 Å². The summed E-state index contributed by atoms with van der Waals surface area (Å²) in [6, 6.07) is -0.558. The molecule has 0 aromatic rings. The van der Waals surface area contributed by atoms with Gasteiger partial charge >= 0.3 is 0 Å². The fourth-order valence-corrected chi connectivity index (χ4v) is 1.59. The van der Waals surface area contributed by atoms with E-state index in [1.807, 2.05) is 0 Å². The van der Waals surface area contributed by atoms with Gasteiger partial charge < -0.3 is 16.4 Å². The van der Waals surface area contributed by atoms with E-state index in [4.69, 9.17) is 5.73 Å². The fourth-order valence-electron chi connectivity index (χ4n) is 0.913.